The predicted molar refractivity (Wildman–Crippen MR) is 88.6 cm³/mol. The van der Waals surface area contributed by atoms with Gasteiger partial charge in [-0.3, -0.25) is 4.98 Å². The first kappa shape index (κ1) is 15.4. The quantitative estimate of drug-likeness (QED) is 0.641. The van der Waals surface area contributed by atoms with Gasteiger partial charge in [0.25, 0.3) is 0 Å². The molecule has 0 aliphatic heterocycles. The molecule has 0 unspecified atom stereocenters. The van der Waals surface area contributed by atoms with Crippen molar-refractivity contribution in [1.29, 1.82) is 0 Å². The second-order valence-electron chi connectivity index (χ2n) is 5.95. The number of nitrogens with zero attached hydrogens (tertiary/aromatic N) is 1. The molecule has 0 spiro atoms. The van der Waals surface area contributed by atoms with Crippen molar-refractivity contribution in [3.8, 4) is 11.3 Å². The molecule has 21 heavy (non-hydrogen) atoms. The van der Waals surface area contributed by atoms with Crippen molar-refractivity contribution in [3.63, 3.8) is 0 Å². The number of pyridine rings is 1. The summed E-state index contributed by atoms with van der Waals surface area (Å²) in [7, 11) is -1.67. The van der Waals surface area contributed by atoms with Crippen molar-refractivity contribution in [1.82, 2.24) is 4.98 Å². The number of aromatic nitrogens is 1. The molecule has 1 heterocycles. The van der Waals surface area contributed by atoms with Crippen molar-refractivity contribution in [2.24, 2.45) is 0 Å². The zero-order valence-electron chi connectivity index (χ0n) is 13.0. The van der Waals surface area contributed by atoms with Crippen molar-refractivity contribution in [2.45, 2.75) is 26.6 Å². The highest BCUT2D eigenvalue weighted by Crippen LogP contribution is 2.18. The predicted octanol–water partition coefficient (Wildman–Crippen LogP) is 3.47. The summed E-state index contributed by atoms with van der Waals surface area (Å²) in [5, 5.41) is 1.09. The van der Waals surface area contributed by atoms with Gasteiger partial charge in [0.1, 0.15) is 0 Å². The van der Waals surface area contributed by atoms with Crippen molar-refractivity contribution in [3.05, 3.63) is 48.2 Å². The molecule has 0 fully saturated rings. The van der Waals surface area contributed by atoms with Crippen LogP contribution in [0.1, 0.15) is 17.3 Å². The van der Waals surface area contributed by atoms with E-state index in [1.54, 1.807) is 6.20 Å². The zero-order valence-corrected chi connectivity index (χ0v) is 14.0. The van der Waals surface area contributed by atoms with Gasteiger partial charge in [-0.15, -0.1) is 0 Å². The molecule has 1 aromatic heterocycles. The Hall–Kier alpha value is -1.94. The van der Waals surface area contributed by atoms with Crippen molar-refractivity contribution in [2.75, 3.05) is 6.61 Å². The van der Waals surface area contributed by atoms with Gasteiger partial charge in [0.2, 0.25) is 0 Å². The van der Waals surface area contributed by atoms with E-state index >= 15 is 0 Å². The van der Waals surface area contributed by atoms with Crippen LogP contribution in [0, 0.1) is 0 Å². The number of esters is 1. The second kappa shape index (κ2) is 6.22. The van der Waals surface area contributed by atoms with Crippen LogP contribution in [0.3, 0.4) is 0 Å². The fourth-order valence-corrected chi connectivity index (χ4v) is 3.76. The Bertz CT molecular complexity index is 633. The largest absolute Gasteiger partial charge is 0.462 e. The van der Waals surface area contributed by atoms with E-state index in [4.69, 9.17) is 4.74 Å². The lowest BCUT2D eigenvalue weighted by atomic mass is 10.1. The van der Waals surface area contributed by atoms with Gasteiger partial charge in [0.15, 0.2) is 0 Å². The Balaban J connectivity index is 2.53. The summed E-state index contributed by atoms with van der Waals surface area (Å²) < 4.78 is 5.15. The maximum atomic E-state index is 12.1. The van der Waals surface area contributed by atoms with Crippen molar-refractivity contribution >= 4 is 19.2 Å². The van der Waals surface area contributed by atoms with Crippen LogP contribution in [0.5, 0.6) is 0 Å². The average Bonchev–Trinajstić information content (AvgIpc) is 2.47. The first-order chi connectivity index (χ1) is 9.93. The minimum absolute atomic E-state index is 0.276. The van der Waals surface area contributed by atoms with Crippen LogP contribution in [-0.2, 0) is 4.74 Å². The summed E-state index contributed by atoms with van der Waals surface area (Å²) >= 11 is 0. The molecule has 4 heteroatoms. The van der Waals surface area contributed by atoms with Gasteiger partial charge < -0.3 is 4.74 Å². The van der Waals surface area contributed by atoms with Crippen LogP contribution in [0.25, 0.3) is 11.3 Å². The van der Waals surface area contributed by atoms with Gasteiger partial charge >= 0.3 is 5.97 Å². The number of rotatable bonds is 4. The molecular weight excluding hydrogens is 278 g/mol. The highest BCUT2D eigenvalue weighted by Gasteiger charge is 2.25. The lowest BCUT2D eigenvalue weighted by molar-refractivity contribution is 0.0527. The van der Waals surface area contributed by atoms with E-state index in [-0.39, 0.29) is 5.97 Å². The summed E-state index contributed by atoms with van der Waals surface area (Å²) in [4.78, 5) is 16.6. The van der Waals surface area contributed by atoms with Crippen LogP contribution < -0.4 is 5.19 Å². The van der Waals surface area contributed by atoms with E-state index in [1.165, 1.54) is 0 Å². The standard InChI is InChI=1S/C17H21NO2Si/c1-5-20-17(19)14-12-18-15(11-16(14)21(2,3)4)13-9-7-6-8-10-13/h6-12H,5H2,1-4H3. The van der Waals surface area contributed by atoms with E-state index in [9.17, 15) is 4.79 Å². The molecular formula is C17H21NO2Si. The van der Waals surface area contributed by atoms with Gasteiger partial charge in [0, 0.05) is 11.8 Å². The van der Waals surface area contributed by atoms with E-state index < -0.39 is 8.07 Å². The number of carbonyl (C=O) groups is 1. The topological polar surface area (TPSA) is 39.2 Å². The number of ether oxygens (including phenoxy) is 1. The highest BCUT2D eigenvalue weighted by atomic mass is 28.3. The fourth-order valence-electron chi connectivity index (χ4n) is 2.21. The Morgan fingerprint density at radius 1 is 1.19 bits per heavy atom. The number of hydrogen-bond acceptors (Lipinski definition) is 3. The molecule has 0 saturated carbocycles. The Morgan fingerprint density at radius 3 is 2.43 bits per heavy atom. The van der Waals surface area contributed by atoms with Gasteiger partial charge in [-0.25, -0.2) is 4.79 Å². The number of benzene rings is 1. The SMILES string of the molecule is CCOC(=O)c1cnc(-c2ccccc2)cc1[Si](C)(C)C. The monoisotopic (exact) mass is 299 g/mol. The summed E-state index contributed by atoms with van der Waals surface area (Å²) in [6.07, 6.45) is 1.66. The summed E-state index contributed by atoms with van der Waals surface area (Å²) in [5.74, 6) is -0.276. The third-order valence-corrected chi connectivity index (χ3v) is 5.31. The van der Waals surface area contributed by atoms with Crippen LogP contribution in [-0.4, -0.2) is 25.6 Å². The molecule has 0 amide bonds. The maximum Gasteiger partial charge on any atom is 0.339 e. The molecule has 2 aromatic rings. The molecule has 0 N–H and O–H groups in total. The smallest absolute Gasteiger partial charge is 0.339 e. The third-order valence-electron chi connectivity index (χ3n) is 3.28. The molecule has 1 aromatic carbocycles. The molecule has 110 valence electrons. The Morgan fingerprint density at radius 2 is 1.86 bits per heavy atom. The summed E-state index contributed by atoms with van der Waals surface area (Å²) in [6, 6.07) is 12.1. The average molecular weight is 299 g/mol. The normalized spacial score (nSPS) is 11.2. The van der Waals surface area contributed by atoms with Crippen LogP contribution >= 0.6 is 0 Å². The fraction of sp³-hybridized carbons (Fsp3) is 0.294. The van der Waals surface area contributed by atoms with Gasteiger partial charge in [0.05, 0.1) is 25.9 Å². The van der Waals surface area contributed by atoms with Gasteiger partial charge in [-0.1, -0.05) is 50.0 Å². The lowest BCUT2D eigenvalue weighted by Gasteiger charge is -2.20. The van der Waals surface area contributed by atoms with E-state index in [0.717, 1.165) is 16.4 Å². The number of carbonyl (C=O) groups excluding carboxylic acids is 1. The first-order valence-electron chi connectivity index (χ1n) is 7.16. The van der Waals surface area contributed by atoms with Gasteiger partial charge in [-0.2, -0.15) is 0 Å². The van der Waals surface area contributed by atoms with Crippen LogP contribution in [0.4, 0.5) is 0 Å². The number of hydrogen-bond donors (Lipinski definition) is 0. The molecule has 0 radical (unpaired) electrons. The molecule has 0 aliphatic carbocycles. The molecule has 3 nitrogen and oxygen atoms in total. The second-order valence-corrected chi connectivity index (χ2v) is 11.0. The molecule has 0 bridgehead atoms. The first-order valence-corrected chi connectivity index (χ1v) is 10.7. The Kier molecular flexibility index (Phi) is 4.58. The van der Waals surface area contributed by atoms with Crippen LogP contribution in [0.2, 0.25) is 19.6 Å². The molecule has 0 atom stereocenters. The van der Waals surface area contributed by atoms with Crippen molar-refractivity contribution < 1.29 is 9.53 Å². The maximum absolute atomic E-state index is 12.1. The molecule has 0 saturated heterocycles. The van der Waals surface area contributed by atoms with E-state index in [2.05, 4.69) is 24.6 Å². The van der Waals surface area contributed by atoms with Crippen LogP contribution in [0.15, 0.2) is 42.6 Å². The van der Waals surface area contributed by atoms with E-state index in [1.807, 2.05) is 43.3 Å². The summed E-state index contributed by atoms with van der Waals surface area (Å²) in [5.41, 5.74) is 2.57. The van der Waals surface area contributed by atoms with E-state index in [0.29, 0.717) is 12.2 Å². The minimum atomic E-state index is -1.67. The molecule has 0 aliphatic rings. The third kappa shape index (κ3) is 3.58. The lowest BCUT2D eigenvalue weighted by Crippen LogP contribution is -2.42. The minimum Gasteiger partial charge on any atom is -0.462 e. The van der Waals surface area contributed by atoms with Gasteiger partial charge in [-0.05, 0) is 18.2 Å². The summed E-state index contributed by atoms with van der Waals surface area (Å²) in [6.45, 7) is 8.86. The Labute approximate surface area is 127 Å². The molecule has 2 rings (SSSR count). The zero-order chi connectivity index (χ0) is 15.5. The highest BCUT2D eigenvalue weighted by molar-refractivity contribution is 6.89.